The molecule has 1 heterocycles. The van der Waals surface area contributed by atoms with Crippen molar-refractivity contribution in [2.45, 2.75) is 33.2 Å². The van der Waals surface area contributed by atoms with Gasteiger partial charge in [-0.25, -0.2) is 0 Å². The number of nitriles is 1. The van der Waals surface area contributed by atoms with Crippen LogP contribution in [0.5, 0.6) is 0 Å². The topological polar surface area (TPSA) is 56.0 Å². The highest BCUT2D eigenvalue weighted by Gasteiger charge is 2.13. The Balaban J connectivity index is 0. The van der Waals surface area contributed by atoms with Crippen molar-refractivity contribution in [1.82, 2.24) is 5.32 Å². The molecule has 0 amide bonds. The van der Waals surface area contributed by atoms with Gasteiger partial charge in [-0.3, -0.25) is 0 Å². The van der Waals surface area contributed by atoms with Crippen LogP contribution in [0.15, 0.2) is 0 Å². The van der Waals surface area contributed by atoms with Crippen molar-refractivity contribution in [2.75, 3.05) is 13.2 Å². The maximum Gasteiger partial charge on any atom is 0.0587 e. The Morgan fingerprint density at radius 2 is 2.00 bits per heavy atom. The summed E-state index contributed by atoms with van der Waals surface area (Å²) in [5.41, 5.74) is 0. The molecule has 0 bridgehead atoms. The Hall–Kier alpha value is -0.590. The summed E-state index contributed by atoms with van der Waals surface area (Å²) in [5, 5.41) is 18.7. The molecule has 0 unspecified atom stereocenters. The molecule has 0 aliphatic carbocycles. The summed E-state index contributed by atoms with van der Waals surface area (Å²) in [6.07, 6.45) is 1.15. The molecule has 66 valence electrons. The normalized spacial score (nSPS) is 19.0. The zero-order chi connectivity index (χ0) is 9.11. The molecule has 0 saturated carbocycles. The van der Waals surface area contributed by atoms with Crippen LogP contribution in [0.3, 0.4) is 0 Å². The van der Waals surface area contributed by atoms with Crippen molar-refractivity contribution in [3.63, 3.8) is 0 Å². The fourth-order valence-corrected chi connectivity index (χ4v) is 0.504. The van der Waals surface area contributed by atoms with Gasteiger partial charge in [0.25, 0.3) is 0 Å². The Labute approximate surface area is 69.0 Å². The highest BCUT2D eigenvalue weighted by Crippen LogP contribution is 1.97. The van der Waals surface area contributed by atoms with E-state index in [2.05, 4.69) is 5.32 Å². The number of hydrogen-bond acceptors (Lipinski definition) is 3. The molecule has 2 N–H and O–H groups in total. The molecule has 0 aromatic rings. The zero-order valence-corrected chi connectivity index (χ0v) is 7.59. The fourth-order valence-electron chi connectivity index (χ4n) is 0.504. The molecule has 1 aliphatic heterocycles. The predicted molar refractivity (Wildman–Crippen MR) is 46.1 cm³/mol. The first-order valence-corrected chi connectivity index (χ1v) is 4.00. The number of nitrogens with zero attached hydrogens (tertiary/aromatic N) is 1. The van der Waals surface area contributed by atoms with Crippen molar-refractivity contribution in [1.29, 1.82) is 5.26 Å². The lowest BCUT2D eigenvalue weighted by Crippen LogP contribution is -2.45. The lowest BCUT2D eigenvalue weighted by molar-refractivity contribution is 0.199. The summed E-state index contributed by atoms with van der Waals surface area (Å²) >= 11 is 0. The summed E-state index contributed by atoms with van der Waals surface area (Å²) in [7, 11) is 0. The van der Waals surface area contributed by atoms with E-state index in [1.165, 1.54) is 6.92 Å². The largest absolute Gasteiger partial charge is 0.395 e. The minimum atomic E-state index is 0.306. The van der Waals surface area contributed by atoms with E-state index in [-0.39, 0.29) is 0 Å². The molecule has 1 fully saturated rings. The average molecular weight is 158 g/mol. The van der Waals surface area contributed by atoms with Crippen LogP contribution in [-0.2, 0) is 0 Å². The highest BCUT2D eigenvalue weighted by molar-refractivity contribution is 4.75. The van der Waals surface area contributed by atoms with Gasteiger partial charge in [0.05, 0.1) is 12.7 Å². The van der Waals surface area contributed by atoms with Crippen molar-refractivity contribution in [3.05, 3.63) is 0 Å². The molecule has 0 aromatic heterocycles. The highest BCUT2D eigenvalue weighted by atomic mass is 16.3. The van der Waals surface area contributed by atoms with Crippen molar-refractivity contribution < 1.29 is 5.11 Å². The van der Waals surface area contributed by atoms with E-state index in [9.17, 15) is 0 Å². The van der Waals surface area contributed by atoms with Crippen LogP contribution >= 0.6 is 0 Å². The second-order valence-electron chi connectivity index (χ2n) is 1.85. The molecular weight excluding hydrogens is 140 g/mol. The minimum absolute atomic E-state index is 0.306. The van der Waals surface area contributed by atoms with Crippen LogP contribution in [0.25, 0.3) is 0 Å². The third-order valence-electron chi connectivity index (χ3n) is 1.15. The molecule has 1 aliphatic rings. The zero-order valence-electron chi connectivity index (χ0n) is 7.59. The molecular formula is C8H18N2O. The van der Waals surface area contributed by atoms with Crippen LogP contribution in [0.4, 0.5) is 0 Å². The van der Waals surface area contributed by atoms with Crippen LogP contribution < -0.4 is 5.32 Å². The molecule has 3 nitrogen and oxygen atoms in total. The quantitative estimate of drug-likeness (QED) is 0.596. The predicted octanol–water partition coefficient (Wildman–Crippen LogP) is 0.897. The number of aliphatic hydroxyl groups excluding tert-OH is 1. The monoisotopic (exact) mass is 158 g/mol. The second-order valence-corrected chi connectivity index (χ2v) is 1.85. The van der Waals surface area contributed by atoms with Crippen LogP contribution in [0.2, 0.25) is 0 Å². The molecule has 3 heteroatoms. The van der Waals surface area contributed by atoms with E-state index in [4.69, 9.17) is 10.4 Å². The molecule has 1 saturated heterocycles. The van der Waals surface area contributed by atoms with E-state index < -0.39 is 0 Å². The van der Waals surface area contributed by atoms with Crippen molar-refractivity contribution in [3.8, 4) is 6.07 Å². The first kappa shape index (κ1) is 13.0. The first-order valence-electron chi connectivity index (χ1n) is 4.00. The number of aliphatic hydroxyl groups is 1. The van der Waals surface area contributed by atoms with E-state index in [1.807, 2.05) is 13.8 Å². The second kappa shape index (κ2) is 12.1. The van der Waals surface area contributed by atoms with Gasteiger partial charge in [-0.05, 0) is 13.0 Å². The summed E-state index contributed by atoms with van der Waals surface area (Å²) in [5.74, 6) is 0. The van der Waals surface area contributed by atoms with Gasteiger partial charge in [-0.2, -0.15) is 5.26 Å². The summed E-state index contributed by atoms with van der Waals surface area (Å²) in [4.78, 5) is 0. The fraction of sp³-hybridized carbons (Fsp3) is 0.875. The van der Waals surface area contributed by atoms with Gasteiger partial charge in [0.1, 0.15) is 0 Å². The Morgan fingerprint density at radius 1 is 1.64 bits per heavy atom. The number of nitrogens with one attached hydrogen (secondary N) is 1. The van der Waals surface area contributed by atoms with Crippen LogP contribution in [0, 0.1) is 11.3 Å². The molecule has 0 aromatic carbocycles. The Kier molecular flexibility index (Phi) is 14.4. The van der Waals surface area contributed by atoms with E-state index in [1.54, 1.807) is 6.07 Å². The molecule has 0 radical (unpaired) electrons. The number of hydrogen-bond donors (Lipinski definition) is 2. The van der Waals surface area contributed by atoms with Gasteiger partial charge in [0.15, 0.2) is 0 Å². The smallest absolute Gasteiger partial charge is 0.0587 e. The van der Waals surface area contributed by atoms with E-state index in [0.717, 1.165) is 13.0 Å². The Bertz CT molecular complexity index is 92.0. The SMILES string of the molecule is CC.CC#N.OC[C@@H]1CCN1. The summed E-state index contributed by atoms with van der Waals surface area (Å²) in [6, 6.07) is 2.17. The van der Waals surface area contributed by atoms with Gasteiger partial charge in [0, 0.05) is 13.0 Å². The molecule has 0 spiro atoms. The summed E-state index contributed by atoms with van der Waals surface area (Å²) in [6.45, 7) is 6.82. The summed E-state index contributed by atoms with van der Waals surface area (Å²) < 4.78 is 0. The van der Waals surface area contributed by atoms with Crippen LogP contribution in [-0.4, -0.2) is 24.3 Å². The van der Waals surface area contributed by atoms with E-state index in [0.29, 0.717) is 12.6 Å². The van der Waals surface area contributed by atoms with Crippen molar-refractivity contribution >= 4 is 0 Å². The third kappa shape index (κ3) is 9.41. The molecule has 1 rings (SSSR count). The minimum Gasteiger partial charge on any atom is -0.395 e. The van der Waals surface area contributed by atoms with Crippen molar-refractivity contribution in [2.24, 2.45) is 0 Å². The van der Waals surface area contributed by atoms with Crippen LogP contribution in [0.1, 0.15) is 27.2 Å². The number of rotatable bonds is 1. The third-order valence-corrected chi connectivity index (χ3v) is 1.15. The van der Waals surface area contributed by atoms with E-state index >= 15 is 0 Å². The lowest BCUT2D eigenvalue weighted by Gasteiger charge is -2.24. The average Bonchev–Trinajstić information content (AvgIpc) is 1.91. The van der Waals surface area contributed by atoms with Gasteiger partial charge in [-0.15, -0.1) is 0 Å². The van der Waals surface area contributed by atoms with Gasteiger partial charge in [0.2, 0.25) is 0 Å². The van der Waals surface area contributed by atoms with Gasteiger partial charge in [-0.1, -0.05) is 13.8 Å². The molecule has 11 heavy (non-hydrogen) atoms. The Morgan fingerprint density at radius 3 is 2.00 bits per heavy atom. The van der Waals surface area contributed by atoms with Gasteiger partial charge < -0.3 is 10.4 Å². The standard InChI is InChI=1S/C4H9NO.C2H3N.C2H6/c6-3-4-1-2-5-4;1-2-3;1-2/h4-6H,1-3H2;1H3;1-2H3/t4-;;/m0../s1. The van der Waals surface area contributed by atoms with Gasteiger partial charge >= 0.3 is 0 Å². The first-order chi connectivity index (χ1) is 5.35. The lowest BCUT2D eigenvalue weighted by atomic mass is 10.1. The maximum absolute atomic E-state index is 8.32. The maximum atomic E-state index is 8.32. The molecule has 1 atom stereocenters.